The Morgan fingerprint density at radius 2 is 1.75 bits per heavy atom. The van der Waals surface area contributed by atoms with Gasteiger partial charge in [0.05, 0.1) is 11.6 Å². The van der Waals surface area contributed by atoms with E-state index in [9.17, 15) is 9.90 Å². The molecule has 2 rings (SSSR count). The van der Waals surface area contributed by atoms with E-state index in [0.717, 1.165) is 11.1 Å². The Labute approximate surface area is 117 Å². The van der Waals surface area contributed by atoms with Gasteiger partial charge in [0, 0.05) is 19.7 Å². The Morgan fingerprint density at radius 1 is 1.10 bits per heavy atom. The molecule has 0 saturated heterocycles. The van der Waals surface area contributed by atoms with Crippen LogP contribution in [0.25, 0.3) is 11.1 Å². The molecule has 0 fully saturated rings. The Balaban J connectivity index is 2.38. The summed E-state index contributed by atoms with van der Waals surface area (Å²) >= 11 is 0. The second kappa shape index (κ2) is 5.45. The standard InChI is InChI=1S/C16H14N2O2/c1-18(2)16(20)13-5-3-12(4-6-13)14-7-11(10-17)8-15(19)9-14/h3-9,19H,1-2H3. The van der Waals surface area contributed by atoms with Crippen LogP contribution in [0.4, 0.5) is 0 Å². The van der Waals surface area contributed by atoms with Gasteiger partial charge < -0.3 is 10.0 Å². The molecule has 0 bridgehead atoms. The zero-order valence-corrected chi connectivity index (χ0v) is 11.3. The van der Waals surface area contributed by atoms with E-state index >= 15 is 0 Å². The molecule has 4 heteroatoms. The molecule has 0 spiro atoms. The largest absolute Gasteiger partial charge is 0.508 e. The number of phenols is 1. The predicted molar refractivity (Wildman–Crippen MR) is 76.3 cm³/mol. The number of hydrogen-bond acceptors (Lipinski definition) is 3. The molecule has 20 heavy (non-hydrogen) atoms. The van der Waals surface area contributed by atoms with Crippen LogP contribution in [-0.2, 0) is 0 Å². The number of benzene rings is 2. The van der Waals surface area contributed by atoms with Crippen LogP contribution in [0, 0.1) is 11.3 Å². The summed E-state index contributed by atoms with van der Waals surface area (Å²) in [5, 5.41) is 18.5. The van der Waals surface area contributed by atoms with Crippen LogP contribution < -0.4 is 0 Å². The van der Waals surface area contributed by atoms with Crippen LogP contribution in [0.15, 0.2) is 42.5 Å². The van der Waals surface area contributed by atoms with Crippen molar-refractivity contribution in [1.29, 1.82) is 5.26 Å². The zero-order chi connectivity index (χ0) is 14.7. The topological polar surface area (TPSA) is 64.3 Å². The predicted octanol–water partition coefficient (Wildman–Crippen LogP) is 2.63. The van der Waals surface area contributed by atoms with Gasteiger partial charge in [-0.1, -0.05) is 12.1 Å². The van der Waals surface area contributed by atoms with Gasteiger partial charge >= 0.3 is 0 Å². The number of carbonyl (C=O) groups is 1. The molecule has 0 aliphatic rings. The Kier molecular flexibility index (Phi) is 3.72. The molecule has 0 heterocycles. The molecule has 1 amide bonds. The second-order valence-corrected chi connectivity index (χ2v) is 4.66. The summed E-state index contributed by atoms with van der Waals surface area (Å²) < 4.78 is 0. The van der Waals surface area contributed by atoms with Crippen LogP contribution in [0.5, 0.6) is 5.75 Å². The molecule has 2 aromatic carbocycles. The van der Waals surface area contributed by atoms with Gasteiger partial charge in [0.1, 0.15) is 5.75 Å². The zero-order valence-electron chi connectivity index (χ0n) is 11.3. The second-order valence-electron chi connectivity index (χ2n) is 4.66. The molecule has 0 unspecified atom stereocenters. The maximum atomic E-state index is 11.8. The molecule has 0 aliphatic heterocycles. The fourth-order valence-electron chi connectivity index (χ4n) is 1.91. The number of nitriles is 1. The van der Waals surface area contributed by atoms with Crippen molar-refractivity contribution in [2.24, 2.45) is 0 Å². The first kappa shape index (κ1) is 13.6. The van der Waals surface area contributed by atoms with E-state index in [2.05, 4.69) is 0 Å². The number of phenolic OH excluding ortho intramolecular Hbond substituents is 1. The third-order valence-electron chi connectivity index (χ3n) is 2.92. The molecular formula is C16H14N2O2. The number of amides is 1. The van der Waals surface area contributed by atoms with E-state index in [1.165, 1.54) is 11.0 Å². The van der Waals surface area contributed by atoms with Crippen molar-refractivity contribution in [3.8, 4) is 22.9 Å². The molecule has 0 aliphatic carbocycles. The third kappa shape index (κ3) is 2.78. The Morgan fingerprint density at radius 3 is 2.30 bits per heavy atom. The van der Waals surface area contributed by atoms with E-state index in [-0.39, 0.29) is 11.7 Å². The molecule has 0 aromatic heterocycles. The van der Waals surface area contributed by atoms with E-state index in [1.807, 2.05) is 6.07 Å². The quantitative estimate of drug-likeness (QED) is 0.908. The van der Waals surface area contributed by atoms with Gasteiger partial charge in [-0.3, -0.25) is 4.79 Å². The van der Waals surface area contributed by atoms with Crippen LogP contribution in [-0.4, -0.2) is 30.0 Å². The van der Waals surface area contributed by atoms with E-state index < -0.39 is 0 Å². The van der Waals surface area contributed by atoms with Gasteiger partial charge in [-0.05, 0) is 41.5 Å². The van der Waals surface area contributed by atoms with E-state index in [1.54, 1.807) is 50.5 Å². The maximum absolute atomic E-state index is 11.8. The van der Waals surface area contributed by atoms with Crippen LogP contribution in [0.3, 0.4) is 0 Å². The van der Waals surface area contributed by atoms with Crippen molar-refractivity contribution >= 4 is 5.91 Å². The van der Waals surface area contributed by atoms with Gasteiger partial charge in [-0.2, -0.15) is 5.26 Å². The minimum absolute atomic E-state index is 0.0486. The maximum Gasteiger partial charge on any atom is 0.253 e. The minimum Gasteiger partial charge on any atom is -0.508 e. The monoisotopic (exact) mass is 266 g/mol. The van der Waals surface area contributed by atoms with Crippen LogP contribution in [0.2, 0.25) is 0 Å². The first-order valence-electron chi connectivity index (χ1n) is 6.07. The average Bonchev–Trinajstić information content (AvgIpc) is 2.45. The highest BCUT2D eigenvalue weighted by Gasteiger charge is 2.08. The van der Waals surface area contributed by atoms with Crippen molar-refractivity contribution < 1.29 is 9.90 Å². The number of aromatic hydroxyl groups is 1. The molecule has 0 atom stereocenters. The summed E-state index contributed by atoms with van der Waals surface area (Å²) in [6, 6.07) is 13.8. The smallest absolute Gasteiger partial charge is 0.253 e. The van der Waals surface area contributed by atoms with E-state index in [0.29, 0.717) is 11.1 Å². The van der Waals surface area contributed by atoms with Gasteiger partial charge in [0.2, 0.25) is 0 Å². The summed E-state index contributed by atoms with van der Waals surface area (Å²) in [5.74, 6) is -0.0160. The van der Waals surface area contributed by atoms with Gasteiger partial charge in [0.15, 0.2) is 0 Å². The first-order valence-corrected chi connectivity index (χ1v) is 6.07. The van der Waals surface area contributed by atoms with Gasteiger partial charge in [-0.25, -0.2) is 0 Å². The highest BCUT2D eigenvalue weighted by molar-refractivity contribution is 5.94. The fraction of sp³-hybridized carbons (Fsp3) is 0.125. The molecule has 100 valence electrons. The lowest BCUT2D eigenvalue weighted by Crippen LogP contribution is -2.21. The Bertz CT molecular complexity index is 683. The third-order valence-corrected chi connectivity index (χ3v) is 2.92. The first-order chi connectivity index (χ1) is 9.51. The summed E-state index contributed by atoms with van der Waals surface area (Å²) in [6.07, 6.45) is 0. The summed E-state index contributed by atoms with van der Waals surface area (Å²) in [6.45, 7) is 0. The van der Waals surface area contributed by atoms with Crippen molar-refractivity contribution in [3.63, 3.8) is 0 Å². The lowest BCUT2D eigenvalue weighted by Gasteiger charge is -2.10. The number of rotatable bonds is 2. The number of nitrogens with zero attached hydrogens (tertiary/aromatic N) is 2. The lowest BCUT2D eigenvalue weighted by molar-refractivity contribution is 0.0827. The SMILES string of the molecule is CN(C)C(=O)c1ccc(-c2cc(O)cc(C#N)c2)cc1. The van der Waals surface area contributed by atoms with Crippen molar-refractivity contribution in [3.05, 3.63) is 53.6 Å². The van der Waals surface area contributed by atoms with Crippen molar-refractivity contribution in [2.75, 3.05) is 14.1 Å². The van der Waals surface area contributed by atoms with Gasteiger partial charge in [-0.15, -0.1) is 0 Å². The molecule has 4 nitrogen and oxygen atoms in total. The summed E-state index contributed by atoms with van der Waals surface area (Å²) in [4.78, 5) is 13.3. The van der Waals surface area contributed by atoms with Crippen molar-refractivity contribution in [1.82, 2.24) is 4.90 Å². The fourth-order valence-corrected chi connectivity index (χ4v) is 1.91. The Hall–Kier alpha value is -2.80. The molecule has 1 N–H and O–H groups in total. The normalized spacial score (nSPS) is 9.85. The molecule has 0 radical (unpaired) electrons. The number of carbonyl (C=O) groups excluding carboxylic acids is 1. The lowest BCUT2D eigenvalue weighted by atomic mass is 10.0. The van der Waals surface area contributed by atoms with Crippen molar-refractivity contribution in [2.45, 2.75) is 0 Å². The molecule has 0 saturated carbocycles. The van der Waals surface area contributed by atoms with Crippen LogP contribution >= 0.6 is 0 Å². The van der Waals surface area contributed by atoms with E-state index in [4.69, 9.17) is 5.26 Å². The molecular weight excluding hydrogens is 252 g/mol. The highest BCUT2D eigenvalue weighted by Crippen LogP contribution is 2.25. The highest BCUT2D eigenvalue weighted by atomic mass is 16.3. The number of hydrogen-bond donors (Lipinski definition) is 1. The average molecular weight is 266 g/mol. The summed E-state index contributed by atoms with van der Waals surface area (Å²) in [7, 11) is 3.40. The van der Waals surface area contributed by atoms with Crippen LogP contribution in [0.1, 0.15) is 15.9 Å². The molecule has 2 aromatic rings. The van der Waals surface area contributed by atoms with Gasteiger partial charge in [0.25, 0.3) is 5.91 Å². The minimum atomic E-state index is -0.0647. The summed E-state index contributed by atoms with van der Waals surface area (Å²) in [5.41, 5.74) is 2.57.